The molecule has 2 aromatic carbocycles. The number of hydrogen-bond acceptors (Lipinski definition) is 3. The Hall–Kier alpha value is -2.82. The van der Waals surface area contributed by atoms with E-state index in [2.05, 4.69) is 5.32 Å². The van der Waals surface area contributed by atoms with Crippen molar-refractivity contribution < 1.29 is 14.3 Å². The van der Waals surface area contributed by atoms with Crippen molar-refractivity contribution in [2.24, 2.45) is 0 Å². The lowest BCUT2D eigenvalue weighted by Crippen LogP contribution is -2.38. The molecule has 1 aliphatic heterocycles. The molecule has 0 radical (unpaired) electrons. The van der Waals surface area contributed by atoms with E-state index in [0.29, 0.717) is 18.2 Å². The van der Waals surface area contributed by atoms with Gasteiger partial charge in [0, 0.05) is 11.6 Å². The van der Waals surface area contributed by atoms with Crippen molar-refractivity contribution in [2.45, 2.75) is 32.4 Å². The maximum Gasteiger partial charge on any atom is 0.265 e. The van der Waals surface area contributed by atoms with Crippen molar-refractivity contribution in [2.75, 3.05) is 11.5 Å². The van der Waals surface area contributed by atoms with Crippen LogP contribution in [-0.4, -0.2) is 24.5 Å². The molecule has 1 fully saturated rings. The fourth-order valence-corrected chi connectivity index (χ4v) is 2.97. The van der Waals surface area contributed by atoms with Gasteiger partial charge in [-0.15, -0.1) is 0 Å². The summed E-state index contributed by atoms with van der Waals surface area (Å²) in [5, 5.41) is 2.99. The van der Waals surface area contributed by atoms with Gasteiger partial charge in [0.25, 0.3) is 11.8 Å². The summed E-state index contributed by atoms with van der Waals surface area (Å²) in [6, 6.07) is 13.6. The van der Waals surface area contributed by atoms with Gasteiger partial charge in [0.1, 0.15) is 5.75 Å². The molecule has 0 atom stereocenters. The van der Waals surface area contributed by atoms with Gasteiger partial charge in [0.15, 0.2) is 6.61 Å². The van der Waals surface area contributed by atoms with Crippen LogP contribution in [0.4, 0.5) is 5.69 Å². The van der Waals surface area contributed by atoms with Gasteiger partial charge >= 0.3 is 0 Å². The van der Waals surface area contributed by atoms with E-state index in [0.717, 1.165) is 35.4 Å². The maximum atomic E-state index is 12.3. The average Bonchev–Trinajstić information content (AvgIpc) is 3.42. The molecule has 0 bridgehead atoms. The molecule has 128 valence electrons. The first-order chi connectivity index (χ1) is 12.1. The first kappa shape index (κ1) is 15.7. The van der Waals surface area contributed by atoms with Crippen LogP contribution < -0.4 is 15.0 Å². The van der Waals surface area contributed by atoms with Crippen molar-refractivity contribution in [3.63, 3.8) is 0 Å². The van der Waals surface area contributed by atoms with Crippen molar-refractivity contribution in [3.05, 3.63) is 59.2 Å². The van der Waals surface area contributed by atoms with Gasteiger partial charge in [-0.25, -0.2) is 0 Å². The van der Waals surface area contributed by atoms with Crippen LogP contribution in [-0.2, 0) is 11.3 Å². The summed E-state index contributed by atoms with van der Waals surface area (Å²) in [7, 11) is 0. The van der Waals surface area contributed by atoms with E-state index in [1.165, 1.54) is 0 Å². The van der Waals surface area contributed by atoms with Gasteiger partial charge in [0.05, 0.1) is 12.2 Å². The molecule has 1 aliphatic carbocycles. The minimum absolute atomic E-state index is 0.0400. The second kappa shape index (κ2) is 6.24. The molecular weight excluding hydrogens is 316 g/mol. The van der Waals surface area contributed by atoms with Gasteiger partial charge in [-0.2, -0.15) is 0 Å². The number of fused-ring (bicyclic) bond motifs is 1. The summed E-state index contributed by atoms with van der Waals surface area (Å²) >= 11 is 0. The zero-order valence-electron chi connectivity index (χ0n) is 14.1. The Balaban J connectivity index is 1.57. The second-order valence-electron chi connectivity index (χ2n) is 6.69. The van der Waals surface area contributed by atoms with Crippen LogP contribution in [0.25, 0.3) is 0 Å². The third kappa shape index (κ3) is 3.36. The highest BCUT2D eigenvalue weighted by Gasteiger charge is 2.26. The largest absolute Gasteiger partial charge is 0.482 e. The van der Waals surface area contributed by atoms with Crippen LogP contribution in [0.5, 0.6) is 5.75 Å². The summed E-state index contributed by atoms with van der Waals surface area (Å²) in [5.74, 6) is 0.597. The number of carbonyl (C=O) groups excluding carboxylic acids is 2. The number of anilines is 1. The second-order valence-corrected chi connectivity index (χ2v) is 6.69. The molecule has 2 aliphatic rings. The highest BCUT2D eigenvalue weighted by molar-refractivity contribution is 5.98. The van der Waals surface area contributed by atoms with Gasteiger partial charge in [0.2, 0.25) is 0 Å². The van der Waals surface area contributed by atoms with E-state index in [1.807, 2.05) is 43.3 Å². The van der Waals surface area contributed by atoms with Crippen LogP contribution in [0.1, 0.15) is 34.3 Å². The van der Waals surface area contributed by atoms with Crippen molar-refractivity contribution in [1.29, 1.82) is 0 Å². The number of rotatable bonds is 4. The Morgan fingerprint density at radius 3 is 2.88 bits per heavy atom. The van der Waals surface area contributed by atoms with Crippen LogP contribution in [0.2, 0.25) is 0 Å². The molecular formula is C20H20N2O3. The molecule has 5 heteroatoms. The number of nitrogens with one attached hydrogen (secondary N) is 1. The highest BCUT2D eigenvalue weighted by atomic mass is 16.5. The number of nitrogens with zero attached hydrogens (tertiary/aromatic N) is 1. The van der Waals surface area contributed by atoms with Crippen molar-refractivity contribution in [1.82, 2.24) is 5.32 Å². The first-order valence-corrected chi connectivity index (χ1v) is 8.54. The number of carbonyl (C=O) groups is 2. The summed E-state index contributed by atoms with van der Waals surface area (Å²) in [5.41, 5.74) is 3.42. The average molecular weight is 336 g/mol. The maximum absolute atomic E-state index is 12.3. The molecule has 0 spiro atoms. The number of benzene rings is 2. The third-order valence-corrected chi connectivity index (χ3v) is 4.50. The quantitative estimate of drug-likeness (QED) is 0.934. The Morgan fingerprint density at radius 1 is 1.24 bits per heavy atom. The smallest absolute Gasteiger partial charge is 0.265 e. The molecule has 1 heterocycles. The zero-order valence-corrected chi connectivity index (χ0v) is 14.1. The topological polar surface area (TPSA) is 58.6 Å². The van der Waals surface area contributed by atoms with E-state index in [9.17, 15) is 9.59 Å². The molecule has 4 rings (SSSR count). The molecule has 2 amide bonds. The van der Waals surface area contributed by atoms with Gasteiger partial charge in [-0.05, 0) is 55.2 Å². The fraction of sp³-hybridized carbons (Fsp3) is 0.300. The Labute approximate surface area is 146 Å². The van der Waals surface area contributed by atoms with Gasteiger partial charge < -0.3 is 15.0 Å². The molecule has 1 saturated carbocycles. The lowest BCUT2D eigenvalue weighted by atomic mass is 10.1. The summed E-state index contributed by atoms with van der Waals surface area (Å²) in [4.78, 5) is 26.3. The van der Waals surface area contributed by atoms with Crippen LogP contribution >= 0.6 is 0 Å². The van der Waals surface area contributed by atoms with Crippen molar-refractivity contribution >= 4 is 17.5 Å². The Bertz CT molecular complexity index is 843. The number of hydrogen-bond donors (Lipinski definition) is 1. The summed E-state index contributed by atoms with van der Waals surface area (Å²) < 4.78 is 5.54. The van der Waals surface area contributed by atoms with E-state index >= 15 is 0 Å². The number of ether oxygens (including phenoxy) is 1. The normalized spacial score (nSPS) is 16.2. The van der Waals surface area contributed by atoms with Crippen molar-refractivity contribution in [3.8, 4) is 5.75 Å². The molecule has 25 heavy (non-hydrogen) atoms. The van der Waals surface area contributed by atoms with E-state index < -0.39 is 0 Å². The summed E-state index contributed by atoms with van der Waals surface area (Å²) in [6.45, 7) is 2.45. The Morgan fingerprint density at radius 2 is 2.08 bits per heavy atom. The molecule has 0 aromatic heterocycles. The van der Waals surface area contributed by atoms with Crippen LogP contribution in [0, 0.1) is 6.92 Å². The van der Waals surface area contributed by atoms with Gasteiger partial charge in [-0.3, -0.25) is 9.59 Å². The molecule has 0 unspecified atom stereocenters. The number of amides is 2. The monoisotopic (exact) mass is 336 g/mol. The minimum atomic E-state index is -0.0795. The zero-order chi connectivity index (χ0) is 17.4. The fourth-order valence-electron chi connectivity index (χ4n) is 2.97. The number of aryl methyl sites for hydroxylation is 1. The standard InChI is InChI=1S/C20H20N2O3/c1-13-5-8-17-18(9-13)25-12-19(23)22(17)11-14-3-2-4-15(10-14)20(24)21-16-6-7-16/h2-5,8-10,16H,6-7,11-12H2,1H3,(H,21,24). The third-order valence-electron chi connectivity index (χ3n) is 4.50. The Kier molecular flexibility index (Phi) is 3.92. The lowest BCUT2D eigenvalue weighted by molar-refractivity contribution is -0.121. The first-order valence-electron chi connectivity index (χ1n) is 8.54. The highest BCUT2D eigenvalue weighted by Crippen LogP contribution is 2.33. The van der Waals surface area contributed by atoms with Crippen LogP contribution in [0.3, 0.4) is 0 Å². The molecule has 2 aromatic rings. The van der Waals surface area contributed by atoms with E-state index in [4.69, 9.17) is 4.74 Å². The molecule has 0 saturated heterocycles. The van der Waals surface area contributed by atoms with E-state index in [-0.39, 0.29) is 18.4 Å². The SMILES string of the molecule is Cc1ccc2c(c1)OCC(=O)N2Cc1cccc(C(=O)NC2CC2)c1. The predicted octanol–water partition coefficient (Wildman–Crippen LogP) is 2.81. The lowest BCUT2D eigenvalue weighted by Gasteiger charge is -2.29. The van der Waals surface area contributed by atoms with Crippen LogP contribution in [0.15, 0.2) is 42.5 Å². The summed E-state index contributed by atoms with van der Waals surface area (Å²) in [6.07, 6.45) is 2.12. The minimum Gasteiger partial charge on any atom is -0.482 e. The van der Waals surface area contributed by atoms with Gasteiger partial charge in [-0.1, -0.05) is 18.2 Å². The predicted molar refractivity (Wildman–Crippen MR) is 94.8 cm³/mol. The molecule has 1 N–H and O–H groups in total. The van der Waals surface area contributed by atoms with E-state index in [1.54, 1.807) is 11.0 Å². The molecule has 5 nitrogen and oxygen atoms in total.